The van der Waals surface area contributed by atoms with Crippen molar-refractivity contribution >= 4 is 23.0 Å². The van der Waals surface area contributed by atoms with Crippen LogP contribution in [0.25, 0.3) is 0 Å². The molecule has 0 aliphatic carbocycles. The molecule has 0 fully saturated rings. The smallest absolute Gasteiger partial charge is 0.141 e. The van der Waals surface area contributed by atoms with Crippen molar-refractivity contribution in [2.75, 3.05) is 0 Å². The zero-order valence-electron chi connectivity index (χ0n) is 11.2. The molecule has 1 heterocycles. The predicted octanol–water partition coefficient (Wildman–Crippen LogP) is 3.54. The molecule has 1 N–H and O–H groups in total. The molecular formula is C13H18ClFN2OS. The van der Waals surface area contributed by atoms with Crippen molar-refractivity contribution < 1.29 is 8.94 Å². The second-order valence-electron chi connectivity index (χ2n) is 5.11. The van der Waals surface area contributed by atoms with Gasteiger partial charge in [0.25, 0.3) is 0 Å². The summed E-state index contributed by atoms with van der Waals surface area (Å²) < 4.78 is 27.9. The summed E-state index contributed by atoms with van der Waals surface area (Å²) in [5, 5.41) is 0.201. The Morgan fingerprint density at radius 3 is 2.79 bits per heavy atom. The van der Waals surface area contributed by atoms with Gasteiger partial charge in [-0.1, -0.05) is 17.7 Å². The molecule has 2 atom stereocenters. The number of hydrogen-bond donors (Lipinski definition) is 1. The van der Waals surface area contributed by atoms with E-state index in [9.17, 15) is 8.94 Å². The first-order valence-electron chi connectivity index (χ1n) is 5.85. The predicted molar refractivity (Wildman–Crippen MR) is 77.8 cm³/mol. The quantitative estimate of drug-likeness (QED) is 0.514. The number of hydrogen-bond acceptors (Lipinski definition) is 3. The van der Waals surface area contributed by atoms with Crippen LogP contribution in [0.3, 0.4) is 0 Å². The van der Waals surface area contributed by atoms with Gasteiger partial charge in [-0.15, -0.1) is 11.3 Å². The molecule has 0 aliphatic rings. The minimum atomic E-state index is -1.29. The maximum absolute atomic E-state index is 13.3. The Kier molecular flexibility index (Phi) is 5.80. The van der Waals surface area contributed by atoms with Crippen molar-refractivity contribution in [3.63, 3.8) is 0 Å². The normalized spacial score (nSPS) is 15.1. The first-order chi connectivity index (χ1) is 8.75. The van der Waals surface area contributed by atoms with Crippen LogP contribution in [0.2, 0.25) is 5.15 Å². The third-order valence-electron chi connectivity index (χ3n) is 2.42. The summed E-state index contributed by atoms with van der Waals surface area (Å²) in [6.45, 7) is 9.21. The molecule has 3 nitrogen and oxygen atoms in total. The molecular weight excluding hydrogens is 287 g/mol. The molecule has 0 saturated carbocycles. The number of aromatic nitrogens is 1. The Hall–Kier alpha value is -0.620. The van der Waals surface area contributed by atoms with Gasteiger partial charge in [0, 0.05) is 16.9 Å². The van der Waals surface area contributed by atoms with Crippen LogP contribution >= 0.6 is 11.6 Å². The number of nitrogens with one attached hydrogen (secondary N) is 1. The number of halogens is 2. The third-order valence-corrected chi connectivity index (χ3v) is 4.34. The van der Waals surface area contributed by atoms with Gasteiger partial charge in [0.05, 0.1) is 12.2 Å². The van der Waals surface area contributed by atoms with Gasteiger partial charge in [-0.05, 0) is 33.3 Å². The van der Waals surface area contributed by atoms with Crippen molar-refractivity contribution in [3.8, 4) is 0 Å². The molecule has 0 saturated heterocycles. The van der Waals surface area contributed by atoms with E-state index in [1.807, 2.05) is 20.8 Å². The summed E-state index contributed by atoms with van der Waals surface area (Å²) in [6, 6.07) is 0.921. The van der Waals surface area contributed by atoms with E-state index in [1.165, 1.54) is 6.07 Å². The fraction of sp³-hybridized carbons (Fsp3) is 0.462. The third kappa shape index (κ3) is 4.76. The van der Waals surface area contributed by atoms with E-state index in [-0.39, 0.29) is 11.2 Å². The highest BCUT2D eigenvalue weighted by Gasteiger charge is 2.30. The Bertz CT molecular complexity index is 451. The molecule has 0 amide bonds. The van der Waals surface area contributed by atoms with Crippen molar-refractivity contribution in [1.29, 1.82) is 0 Å². The summed E-state index contributed by atoms with van der Waals surface area (Å²) >= 11 is 4.68. The van der Waals surface area contributed by atoms with Crippen LogP contribution in [0.4, 0.5) is 4.39 Å². The minimum Gasteiger partial charge on any atom is -0.598 e. The Labute approximate surface area is 121 Å². The molecule has 0 aromatic carbocycles. The van der Waals surface area contributed by atoms with Crippen LogP contribution < -0.4 is 4.72 Å². The summed E-state index contributed by atoms with van der Waals surface area (Å²) in [7, 11) is 0. The van der Waals surface area contributed by atoms with E-state index in [4.69, 9.17) is 11.6 Å². The fourth-order valence-electron chi connectivity index (χ4n) is 1.39. The van der Waals surface area contributed by atoms with Crippen molar-refractivity contribution in [3.05, 3.63) is 41.5 Å². The molecule has 1 unspecified atom stereocenters. The molecule has 6 heteroatoms. The number of pyridine rings is 1. The van der Waals surface area contributed by atoms with Crippen LogP contribution in [0.15, 0.2) is 24.9 Å². The lowest BCUT2D eigenvalue weighted by molar-refractivity contribution is 0.522. The molecule has 0 spiro atoms. The average Bonchev–Trinajstić information content (AvgIpc) is 2.30. The van der Waals surface area contributed by atoms with Gasteiger partial charge in [-0.3, -0.25) is 0 Å². The SMILES string of the molecule is C=CCC(N[S@+]([O-])C(C)(C)C)c1cc(F)cnc1Cl. The van der Waals surface area contributed by atoms with Gasteiger partial charge in [0.1, 0.15) is 15.7 Å². The molecule has 0 aliphatic heterocycles. The van der Waals surface area contributed by atoms with Gasteiger partial charge < -0.3 is 4.55 Å². The lowest BCUT2D eigenvalue weighted by Crippen LogP contribution is -2.41. The van der Waals surface area contributed by atoms with Crippen LogP contribution in [0.1, 0.15) is 38.8 Å². The lowest BCUT2D eigenvalue weighted by Gasteiger charge is -2.27. The van der Waals surface area contributed by atoms with Crippen LogP contribution in [-0.4, -0.2) is 14.3 Å². The standard InChI is InChI=1S/C13H18ClFN2OS/c1-5-6-11(17-19(18)13(2,3)4)10-7-9(15)8-16-12(10)14/h5,7-8,11,17H,1,6H2,2-4H3/t11?,19-/m1/s1. The summed E-state index contributed by atoms with van der Waals surface area (Å²) in [5.74, 6) is -0.475. The first-order valence-corrected chi connectivity index (χ1v) is 7.38. The van der Waals surface area contributed by atoms with E-state index in [0.29, 0.717) is 12.0 Å². The molecule has 19 heavy (non-hydrogen) atoms. The Balaban J connectivity index is 3.00. The van der Waals surface area contributed by atoms with Gasteiger partial charge in [-0.2, -0.15) is 0 Å². The second kappa shape index (κ2) is 6.70. The largest absolute Gasteiger partial charge is 0.598 e. The Morgan fingerprint density at radius 1 is 1.63 bits per heavy atom. The monoisotopic (exact) mass is 304 g/mol. The maximum atomic E-state index is 13.3. The van der Waals surface area contributed by atoms with Crippen LogP contribution in [0.5, 0.6) is 0 Å². The molecule has 0 bridgehead atoms. The second-order valence-corrected chi connectivity index (χ2v) is 7.47. The molecule has 0 radical (unpaired) electrons. The zero-order chi connectivity index (χ0) is 14.6. The van der Waals surface area contributed by atoms with Gasteiger partial charge in [-0.25, -0.2) is 9.37 Å². The highest BCUT2D eigenvalue weighted by molar-refractivity contribution is 7.90. The van der Waals surface area contributed by atoms with E-state index < -0.39 is 21.9 Å². The number of rotatable bonds is 5. The lowest BCUT2D eigenvalue weighted by atomic mass is 10.1. The van der Waals surface area contributed by atoms with Crippen LogP contribution in [-0.2, 0) is 11.4 Å². The first kappa shape index (κ1) is 16.4. The number of nitrogens with zero attached hydrogens (tertiary/aromatic N) is 1. The highest BCUT2D eigenvalue weighted by Crippen LogP contribution is 2.27. The molecule has 1 aromatic heterocycles. The van der Waals surface area contributed by atoms with E-state index >= 15 is 0 Å². The van der Waals surface area contributed by atoms with Gasteiger partial charge in [0.15, 0.2) is 0 Å². The van der Waals surface area contributed by atoms with Gasteiger partial charge >= 0.3 is 0 Å². The van der Waals surface area contributed by atoms with Gasteiger partial charge in [0.2, 0.25) is 0 Å². The average molecular weight is 305 g/mol. The summed E-state index contributed by atoms with van der Waals surface area (Å²) in [6.07, 6.45) is 3.20. The zero-order valence-corrected chi connectivity index (χ0v) is 12.8. The van der Waals surface area contributed by atoms with E-state index in [0.717, 1.165) is 6.20 Å². The highest BCUT2D eigenvalue weighted by atomic mass is 35.5. The minimum absolute atomic E-state index is 0.201. The van der Waals surface area contributed by atoms with Crippen molar-refractivity contribution in [2.24, 2.45) is 0 Å². The molecule has 1 aromatic rings. The van der Waals surface area contributed by atoms with E-state index in [1.54, 1.807) is 6.08 Å². The van der Waals surface area contributed by atoms with E-state index in [2.05, 4.69) is 16.3 Å². The van der Waals surface area contributed by atoms with Crippen molar-refractivity contribution in [1.82, 2.24) is 9.71 Å². The van der Waals surface area contributed by atoms with Crippen LogP contribution in [0, 0.1) is 5.82 Å². The molecule has 106 valence electrons. The van der Waals surface area contributed by atoms with Crippen molar-refractivity contribution in [2.45, 2.75) is 38.0 Å². The summed E-state index contributed by atoms with van der Waals surface area (Å²) in [5.41, 5.74) is 0.485. The topological polar surface area (TPSA) is 48.0 Å². The Morgan fingerprint density at radius 2 is 2.26 bits per heavy atom. The molecule has 1 rings (SSSR count). The maximum Gasteiger partial charge on any atom is 0.141 e. The fourth-order valence-corrected chi connectivity index (χ4v) is 2.46. The summed E-state index contributed by atoms with van der Waals surface area (Å²) in [4.78, 5) is 3.77.